The monoisotopic (exact) mass is 307 g/mol. The van der Waals surface area contributed by atoms with Gasteiger partial charge in [-0.2, -0.15) is 5.10 Å². The zero-order chi connectivity index (χ0) is 14.1. The molecule has 2 heterocycles. The lowest BCUT2D eigenvalue weighted by Gasteiger charge is -2.01. The van der Waals surface area contributed by atoms with Crippen LogP contribution >= 0.6 is 23.4 Å². The van der Waals surface area contributed by atoms with Gasteiger partial charge in [-0.25, -0.2) is 4.98 Å². The molecule has 0 radical (unpaired) electrons. The SMILES string of the molecule is Nc1[nH]nc2nc(SCc3ccc(Cl)cc3)[nH]c(=O)c12. The van der Waals surface area contributed by atoms with Crippen molar-refractivity contribution >= 4 is 40.2 Å². The van der Waals surface area contributed by atoms with Gasteiger partial charge in [0, 0.05) is 10.8 Å². The number of hydrogen-bond acceptors (Lipinski definition) is 5. The summed E-state index contributed by atoms with van der Waals surface area (Å²) in [5.41, 5.74) is 6.73. The Morgan fingerprint density at radius 3 is 2.80 bits per heavy atom. The molecule has 0 unspecified atom stereocenters. The molecule has 4 N–H and O–H groups in total. The summed E-state index contributed by atoms with van der Waals surface area (Å²) in [4.78, 5) is 18.8. The Hall–Kier alpha value is -1.99. The number of benzene rings is 1. The third-order valence-electron chi connectivity index (χ3n) is 2.72. The highest BCUT2D eigenvalue weighted by Gasteiger charge is 2.10. The molecule has 0 aliphatic heterocycles. The summed E-state index contributed by atoms with van der Waals surface area (Å²) in [6.07, 6.45) is 0. The number of rotatable bonds is 3. The van der Waals surface area contributed by atoms with Crippen LogP contribution in [0.1, 0.15) is 5.56 Å². The van der Waals surface area contributed by atoms with Crippen molar-refractivity contribution in [2.75, 3.05) is 5.73 Å². The molecule has 1 aromatic carbocycles. The number of nitrogens with zero attached hydrogens (tertiary/aromatic N) is 2. The summed E-state index contributed by atoms with van der Waals surface area (Å²) >= 11 is 7.24. The molecule has 20 heavy (non-hydrogen) atoms. The molecule has 3 aromatic rings. The summed E-state index contributed by atoms with van der Waals surface area (Å²) in [5, 5.41) is 7.93. The van der Waals surface area contributed by atoms with Crippen LogP contribution < -0.4 is 11.3 Å². The first kappa shape index (κ1) is 13.0. The van der Waals surface area contributed by atoms with Gasteiger partial charge in [0.1, 0.15) is 11.2 Å². The zero-order valence-corrected chi connectivity index (χ0v) is 11.8. The average Bonchev–Trinajstić information content (AvgIpc) is 2.80. The molecule has 0 saturated carbocycles. The first-order valence-corrected chi connectivity index (χ1v) is 7.11. The number of fused-ring (bicyclic) bond motifs is 1. The van der Waals surface area contributed by atoms with E-state index in [9.17, 15) is 4.79 Å². The molecule has 0 saturated heterocycles. The molecule has 8 heteroatoms. The Morgan fingerprint density at radius 1 is 1.30 bits per heavy atom. The minimum Gasteiger partial charge on any atom is -0.383 e. The lowest BCUT2D eigenvalue weighted by Crippen LogP contribution is -2.09. The van der Waals surface area contributed by atoms with Crippen molar-refractivity contribution in [1.29, 1.82) is 0 Å². The van der Waals surface area contributed by atoms with Crippen LogP contribution in [0.25, 0.3) is 11.0 Å². The standard InChI is InChI=1S/C12H10ClN5OS/c13-7-3-1-6(2-4-7)5-20-12-15-10-8(11(19)16-12)9(14)17-18-10/h1-4H,5H2,(H4,14,15,16,17,18,19). The lowest BCUT2D eigenvalue weighted by atomic mass is 10.2. The fourth-order valence-electron chi connectivity index (χ4n) is 1.73. The second-order valence-corrected chi connectivity index (χ2v) is 5.52. The topological polar surface area (TPSA) is 100 Å². The molecule has 0 bridgehead atoms. The average molecular weight is 308 g/mol. The van der Waals surface area contributed by atoms with Gasteiger partial charge in [0.15, 0.2) is 10.8 Å². The Labute approximate surface area is 122 Å². The predicted octanol–water partition coefficient (Wildman–Crippen LogP) is 2.17. The molecule has 6 nitrogen and oxygen atoms in total. The van der Waals surface area contributed by atoms with Crippen molar-refractivity contribution in [3.05, 3.63) is 45.2 Å². The number of thioether (sulfide) groups is 1. The number of aromatic amines is 2. The summed E-state index contributed by atoms with van der Waals surface area (Å²) < 4.78 is 0. The van der Waals surface area contributed by atoms with Crippen molar-refractivity contribution in [2.24, 2.45) is 0 Å². The summed E-state index contributed by atoms with van der Waals surface area (Å²) in [6, 6.07) is 7.51. The Balaban J connectivity index is 1.84. The van der Waals surface area contributed by atoms with Crippen molar-refractivity contribution in [2.45, 2.75) is 10.9 Å². The Bertz CT molecular complexity index is 811. The summed E-state index contributed by atoms with van der Waals surface area (Å²) in [6.45, 7) is 0. The number of anilines is 1. The molecule has 2 aromatic heterocycles. The van der Waals surface area contributed by atoms with Crippen molar-refractivity contribution in [1.82, 2.24) is 20.2 Å². The van der Waals surface area contributed by atoms with Gasteiger partial charge < -0.3 is 10.7 Å². The number of halogens is 1. The second-order valence-electron chi connectivity index (χ2n) is 4.12. The van der Waals surface area contributed by atoms with E-state index < -0.39 is 0 Å². The van der Waals surface area contributed by atoms with Crippen LogP contribution in [0.4, 0.5) is 5.82 Å². The number of aromatic nitrogens is 4. The van der Waals surface area contributed by atoms with E-state index in [1.165, 1.54) is 11.8 Å². The highest BCUT2D eigenvalue weighted by Crippen LogP contribution is 2.21. The van der Waals surface area contributed by atoms with Crippen molar-refractivity contribution in [3.63, 3.8) is 0 Å². The zero-order valence-electron chi connectivity index (χ0n) is 10.2. The molecule has 0 fully saturated rings. The predicted molar refractivity (Wildman–Crippen MR) is 79.9 cm³/mol. The molecular weight excluding hydrogens is 298 g/mol. The Kier molecular flexibility index (Phi) is 3.37. The number of H-pyrrole nitrogens is 2. The van der Waals surface area contributed by atoms with Crippen LogP contribution in [-0.4, -0.2) is 20.2 Å². The van der Waals surface area contributed by atoms with Crippen LogP contribution in [-0.2, 0) is 5.75 Å². The van der Waals surface area contributed by atoms with Crippen molar-refractivity contribution < 1.29 is 0 Å². The lowest BCUT2D eigenvalue weighted by molar-refractivity contribution is 0.958. The smallest absolute Gasteiger partial charge is 0.264 e. The van der Waals surface area contributed by atoms with E-state index in [1.807, 2.05) is 24.3 Å². The summed E-state index contributed by atoms with van der Waals surface area (Å²) in [7, 11) is 0. The second kappa shape index (κ2) is 5.18. The van der Waals surface area contributed by atoms with Crippen LogP contribution in [0, 0.1) is 0 Å². The largest absolute Gasteiger partial charge is 0.383 e. The van der Waals surface area contributed by atoms with Gasteiger partial charge in [-0.05, 0) is 17.7 Å². The van der Waals surface area contributed by atoms with Crippen molar-refractivity contribution in [3.8, 4) is 0 Å². The van der Waals surface area contributed by atoms with Gasteiger partial charge in [0.25, 0.3) is 5.56 Å². The van der Waals surface area contributed by atoms with E-state index >= 15 is 0 Å². The van der Waals surface area contributed by atoms with E-state index in [4.69, 9.17) is 17.3 Å². The molecule has 0 aliphatic rings. The molecule has 102 valence electrons. The minimum absolute atomic E-state index is 0.225. The van der Waals surface area contributed by atoms with Gasteiger partial charge in [-0.1, -0.05) is 35.5 Å². The third kappa shape index (κ3) is 2.50. The quantitative estimate of drug-likeness (QED) is 0.508. The highest BCUT2D eigenvalue weighted by molar-refractivity contribution is 7.98. The normalized spacial score (nSPS) is 11.1. The summed E-state index contributed by atoms with van der Waals surface area (Å²) in [5.74, 6) is 0.897. The van der Waals surface area contributed by atoms with Crippen LogP contribution in [0.15, 0.2) is 34.2 Å². The first-order chi connectivity index (χ1) is 9.63. The number of nitrogen functional groups attached to an aromatic ring is 1. The van der Waals surface area contributed by atoms with E-state index in [2.05, 4.69) is 20.2 Å². The minimum atomic E-state index is -0.292. The number of nitrogens with two attached hydrogens (primary N) is 1. The van der Waals surface area contributed by atoms with Gasteiger partial charge in [0.05, 0.1) is 0 Å². The Morgan fingerprint density at radius 2 is 2.05 bits per heavy atom. The maximum absolute atomic E-state index is 11.9. The fourth-order valence-corrected chi connectivity index (χ4v) is 2.67. The van der Waals surface area contributed by atoms with Crippen LogP contribution in [0.5, 0.6) is 0 Å². The van der Waals surface area contributed by atoms with Gasteiger partial charge in [0.2, 0.25) is 0 Å². The third-order valence-corrected chi connectivity index (χ3v) is 3.92. The fraction of sp³-hybridized carbons (Fsp3) is 0.0833. The molecule has 0 aliphatic carbocycles. The maximum Gasteiger partial charge on any atom is 0.264 e. The van der Waals surface area contributed by atoms with Crippen LogP contribution in [0.2, 0.25) is 5.02 Å². The van der Waals surface area contributed by atoms with E-state index in [0.717, 1.165) is 5.56 Å². The van der Waals surface area contributed by atoms with E-state index in [1.54, 1.807) is 0 Å². The van der Waals surface area contributed by atoms with Gasteiger partial charge >= 0.3 is 0 Å². The van der Waals surface area contributed by atoms with Gasteiger partial charge in [-0.15, -0.1) is 0 Å². The highest BCUT2D eigenvalue weighted by atomic mass is 35.5. The molecule has 0 amide bonds. The number of hydrogen-bond donors (Lipinski definition) is 3. The molecule has 0 spiro atoms. The van der Waals surface area contributed by atoms with Crippen LogP contribution in [0.3, 0.4) is 0 Å². The van der Waals surface area contributed by atoms with E-state index in [0.29, 0.717) is 27.0 Å². The first-order valence-electron chi connectivity index (χ1n) is 5.74. The van der Waals surface area contributed by atoms with Gasteiger partial charge in [-0.3, -0.25) is 9.89 Å². The van der Waals surface area contributed by atoms with E-state index in [-0.39, 0.29) is 11.4 Å². The molecule has 0 atom stereocenters. The maximum atomic E-state index is 11.9. The number of nitrogens with one attached hydrogen (secondary N) is 2. The molecular formula is C12H10ClN5OS. The molecule has 3 rings (SSSR count).